The van der Waals surface area contributed by atoms with Crippen molar-refractivity contribution in [3.05, 3.63) is 51.6 Å². The minimum atomic E-state index is -0.281. The summed E-state index contributed by atoms with van der Waals surface area (Å²) in [7, 11) is 0. The normalized spacial score (nSPS) is 17.1. The first kappa shape index (κ1) is 22.2. The van der Waals surface area contributed by atoms with Crippen molar-refractivity contribution in [1.29, 1.82) is 0 Å². The van der Waals surface area contributed by atoms with Crippen molar-refractivity contribution in [3.63, 3.8) is 0 Å². The molecular formula is C24H32N6O2. The van der Waals surface area contributed by atoms with Crippen LogP contribution in [-0.2, 0) is 16.8 Å². The molecule has 2 aromatic heterocycles. The molecule has 170 valence electrons. The van der Waals surface area contributed by atoms with Gasteiger partial charge in [0.15, 0.2) is 11.2 Å². The van der Waals surface area contributed by atoms with Crippen LogP contribution in [0.25, 0.3) is 11.2 Å². The molecule has 3 heterocycles. The minimum absolute atomic E-state index is 0.0103. The number of likely N-dealkylation sites (tertiary alicyclic amines) is 1. The van der Waals surface area contributed by atoms with Crippen LogP contribution in [0.15, 0.2) is 29.1 Å². The van der Waals surface area contributed by atoms with Gasteiger partial charge in [-0.15, -0.1) is 5.10 Å². The maximum Gasteiger partial charge on any atom is 0.281 e. The van der Waals surface area contributed by atoms with Crippen molar-refractivity contribution in [2.45, 2.75) is 71.3 Å². The summed E-state index contributed by atoms with van der Waals surface area (Å²) in [4.78, 5) is 34.6. The molecule has 8 heteroatoms. The Kier molecular flexibility index (Phi) is 6.13. The van der Waals surface area contributed by atoms with Crippen LogP contribution in [0.3, 0.4) is 0 Å². The van der Waals surface area contributed by atoms with E-state index in [0.717, 1.165) is 31.4 Å². The molecule has 1 fully saturated rings. The highest BCUT2D eigenvalue weighted by Gasteiger charge is 2.27. The van der Waals surface area contributed by atoms with Gasteiger partial charge in [0.25, 0.3) is 5.56 Å². The maximum absolute atomic E-state index is 12.7. The Hall–Kier alpha value is -3.03. The Labute approximate surface area is 188 Å². The highest BCUT2D eigenvalue weighted by Crippen LogP contribution is 2.26. The third-order valence-corrected chi connectivity index (χ3v) is 6.17. The zero-order chi connectivity index (χ0) is 22.9. The Morgan fingerprint density at radius 1 is 1.22 bits per heavy atom. The molecule has 32 heavy (non-hydrogen) atoms. The number of carbonyl (C=O) groups is 1. The Bertz CT molecular complexity index is 1160. The van der Waals surface area contributed by atoms with Crippen molar-refractivity contribution < 1.29 is 4.79 Å². The SMILES string of the molecule is CCCC(=O)N1CCC[C@@H](c2nc3c(nnn3Cc3ccc(C(C)(C)C)cc3)c(=O)[nH]2)C1. The molecule has 1 atom stereocenters. The van der Waals surface area contributed by atoms with Crippen molar-refractivity contribution in [3.8, 4) is 0 Å². The van der Waals surface area contributed by atoms with Crippen molar-refractivity contribution in [2.75, 3.05) is 13.1 Å². The predicted octanol–water partition coefficient (Wildman–Crippen LogP) is 3.37. The van der Waals surface area contributed by atoms with Gasteiger partial charge in [0, 0.05) is 25.4 Å². The molecule has 4 rings (SSSR count). The molecular weight excluding hydrogens is 404 g/mol. The molecule has 1 aliphatic rings. The smallest absolute Gasteiger partial charge is 0.281 e. The van der Waals surface area contributed by atoms with Gasteiger partial charge in [-0.3, -0.25) is 9.59 Å². The molecule has 1 aromatic carbocycles. The summed E-state index contributed by atoms with van der Waals surface area (Å²) in [6.45, 7) is 10.4. The summed E-state index contributed by atoms with van der Waals surface area (Å²) in [5.74, 6) is 0.797. The number of nitrogens with one attached hydrogen (secondary N) is 1. The summed E-state index contributed by atoms with van der Waals surface area (Å²) in [6, 6.07) is 8.43. The molecule has 0 radical (unpaired) electrons. The Balaban J connectivity index is 1.60. The van der Waals surface area contributed by atoms with E-state index in [4.69, 9.17) is 4.98 Å². The van der Waals surface area contributed by atoms with Gasteiger partial charge in [-0.1, -0.05) is 57.2 Å². The van der Waals surface area contributed by atoms with Gasteiger partial charge in [0.2, 0.25) is 5.91 Å². The zero-order valence-corrected chi connectivity index (χ0v) is 19.4. The number of carbonyl (C=O) groups excluding carboxylic acids is 1. The standard InChI is InChI=1S/C24H32N6O2/c1-5-7-19(31)29-13-6-8-17(15-29)21-25-22-20(23(32)26-21)27-28-30(22)14-16-9-11-18(12-10-16)24(2,3)4/h9-12,17H,5-8,13-15H2,1-4H3,(H,25,26,32)/t17-/m1/s1. The molecule has 0 aliphatic carbocycles. The van der Waals surface area contributed by atoms with Crippen LogP contribution in [0, 0.1) is 0 Å². The number of rotatable bonds is 5. The van der Waals surface area contributed by atoms with E-state index in [1.165, 1.54) is 5.56 Å². The molecule has 0 saturated carbocycles. The molecule has 0 unspecified atom stereocenters. The molecule has 0 spiro atoms. The van der Waals surface area contributed by atoms with E-state index < -0.39 is 0 Å². The second kappa shape index (κ2) is 8.84. The zero-order valence-electron chi connectivity index (χ0n) is 19.4. The molecule has 1 amide bonds. The average Bonchev–Trinajstić information content (AvgIpc) is 3.17. The number of piperidine rings is 1. The number of hydrogen-bond acceptors (Lipinski definition) is 5. The molecule has 8 nitrogen and oxygen atoms in total. The van der Waals surface area contributed by atoms with Gasteiger partial charge in [0.1, 0.15) is 5.82 Å². The lowest BCUT2D eigenvalue weighted by molar-refractivity contribution is -0.132. The van der Waals surface area contributed by atoms with Crippen LogP contribution in [-0.4, -0.2) is 48.9 Å². The van der Waals surface area contributed by atoms with Gasteiger partial charge in [-0.25, -0.2) is 9.67 Å². The fraction of sp³-hybridized carbons (Fsp3) is 0.542. The lowest BCUT2D eigenvalue weighted by Gasteiger charge is -2.32. The van der Waals surface area contributed by atoms with Crippen molar-refractivity contribution in [1.82, 2.24) is 29.9 Å². The fourth-order valence-electron chi connectivity index (χ4n) is 4.27. The van der Waals surface area contributed by atoms with Gasteiger partial charge in [-0.05, 0) is 35.8 Å². The lowest BCUT2D eigenvalue weighted by Crippen LogP contribution is -2.39. The second-order valence-corrected chi connectivity index (χ2v) is 9.75. The van der Waals surface area contributed by atoms with E-state index in [0.29, 0.717) is 31.0 Å². The molecule has 1 N–H and O–H groups in total. The van der Waals surface area contributed by atoms with E-state index >= 15 is 0 Å². The van der Waals surface area contributed by atoms with Gasteiger partial charge in [-0.2, -0.15) is 0 Å². The van der Waals surface area contributed by atoms with E-state index in [1.807, 2.05) is 11.8 Å². The third-order valence-electron chi connectivity index (χ3n) is 6.17. The first-order chi connectivity index (χ1) is 15.3. The highest BCUT2D eigenvalue weighted by atomic mass is 16.2. The van der Waals surface area contributed by atoms with Crippen LogP contribution in [0.2, 0.25) is 0 Å². The monoisotopic (exact) mass is 436 g/mol. The van der Waals surface area contributed by atoms with E-state index in [-0.39, 0.29) is 28.3 Å². The van der Waals surface area contributed by atoms with Gasteiger partial charge >= 0.3 is 0 Å². The third kappa shape index (κ3) is 4.59. The number of fused-ring (bicyclic) bond motifs is 1. The maximum atomic E-state index is 12.7. The van der Waals surface area contributed by atoms with Crippen LogP contribution in [0.5, 0.6) is 0 Å². The molecule has 1 aliphatic heterocycles. The van der Waals surface area contributed by atoms with Crippen LogP contribution >= 0.6 is 0 Å². The molecule has 3 aromatic rings. The topological polar surface area (TPSA) is 96.8 Å². The summed E-state index contributed by atoms with van der Waals surface area (Å²) in [6.07, 6.45) is 3.18. The van der Waals surface area contributed by atoms with Gasteiger partial charge < -0.3 is 9.88 Å². The average molecular weight is 437 g/mol. The lowest BCUT2D eigenvalue weighted by atomic mass is 9.87. The second-order valence-electron chi connectivity index (χ2n) is 9.75. The first-order valence-corrected chi connectivity index (χ1v) is 11.5. The van der Waals surface area contributed by atoms with Crippen molar-refractivity contribution >= 4 is 17.1 Å². The molecule has 0 bridgehead atoms. The van der Waals surface area contributed by atoms with Gasteiger partial charge in [0.05, 0.1) is 6.54 Å². The fourth-order valence-corrected chi connectivity index (χ4v) is 4.27. The van der Waals surface area contributed by atoms with Crippen molar-refractivity contribution in [2.24, 2.45) is 0 Å². The quantitative estimate of drug-likeness (QED) is 0.661. The van der Waals surface area contributed by atoms with E-state index in [2.05, 4.69) is 60.3 Å². The number of benzene rings is 1. The number of amides is 1. The van der Waals surface area contributed by atoms with E-state index in [9.17, 15) is 9.59 Å². The predicted molar refractivity (Wildman–Crippen MR) is 124 cm³/mol. The highest BCUT2D eigenvalue weighted by molar-refractivity contribution is 5.76. The molecule has 1 saturated heterocycles. The summed E-state index contributed by atoms with van der Waals surface area (Å²) < 4.78 is 1.68. The van der Waals surface area contributed by atoms with Crippen LogP contribution in [0.4, 0.5) is 0 Å². The number of aromatic nitrogens is 5. The Morgan fingerprint density at radius 2 is 1.97 bits per heavy atom. The summed E-state index contributed by atoms with van der Waals surface area (Å²) >= 11 is 0. The summed E-state index contributed by atoms with van der Waals surface area (Å²) in [5.41, 5.74) is 2.88. The first-order valence-electron chi connectivity index (χ1n) is 11.5. The Morgan fingerprint density at radius 3 is 2.66 bits per heavy atom. The van der Waals surface area contributed by atoms with E-state index in [1.54, 1.807) is 4.68 Å². The number of H-pyrrole nitrogens is 1. The van der Waals surface area contributed by atoms with Crippen LogP contribution < -0.4 is 5.56 Å². The summed E-state index contributed by atoms with van der Waals surface area (Å²) in [5, 5.41) is 8.26. The number of hydrogen-bond donors (Lipinski definition) is 1. The largest absolute Gasteiger partial charge is 0.342 e. The number of aromatic amines is 1. The minimum Gasteiger partial charge on any atom is -0.342 e. The van der Waals surface area contributed by atoms with Crippen LogP contribution in [0.1, 0.15) is 76.2 Å². The number of nitrogens with zero attached hydrogens (tertiary/aromatic N) is 5.